The number of imidazole rings is 1. The lowest BCUT2D eigenvalue weighted by Crippen LogP contribution is -2.24. The first kappa shape index (κ1) is 19.9. The highest BCUT2D eigenvalue weighted by Gasteiger charge is 2.11. The van der Waals surface area contributed by atoms with Gasteiger partial charge in [0.1, 0.15) is 11.3 Å². The van der Waals surface area contributed by atoms with Crippen LogP contribution in [0.1, 0.15) is 16.7 Å². The van der Waals surface area contributed by atoms with E-state index in [1.165, 1.54) is 5.56 Å². The van der Waals surface area contributed by atoms with Crippen molar-refractivity contribution in [1.29, 1.82) is 0 Å². The molecule has 0 saturated heterocycles. The van der Waals surface area contributed by atoms with Crippen molar-refractivity contribution in [1.82, 2.24) is 14.9 Å². The molecule has 6 heteroatoms. The van der Waals surface area contributed by atoms with Crippen LogP contribution < -0.4 is 10.1 Å². The van der Waals surface area contributed by atoms with Crippen LogP contribution in [-0.2, 0) is 24.3 Å². The summed E-state index contributed by atoms with van der Waals surface area (Å²) in [5.41, 5.74) is 5.93. The lowest BCUT2D eigenvalue weighted by Gasteiger charge is -2.08. The Morgan fingerprint density at radius 2 is 1.88 bits per heavy atom. The van der Waals surface area contributed by atoms with Crippen molar-refractivity contribution >= 4 is 27.9 Å². The van der Waals surface area contributed by atoms with E-state index >= 15 is 0 Å². The summed E-state index contributed by atoms with van der Waals surface area (Å²) in [4.78, 5) is 16.9. The molecule has 5 rings (SSSR count). The van der Waals surface area contributed by atoms with Gasteiger partial charge < -0.3 is 19.0 Å². The number of ether oxygens (including phenoxy) is 1. The van der Waals surface area contributed by atoms with Crippen LogP contribution in [0.5, 0.6) is 5.75 Å². The summed E-state index contributed by atoms with van der Waals surface area (Å²) in [6.45, 7) is 1.24. The number of para-hydroxylation sites is 2. The van der Waals surface area contributed by atoms with Crippen LogP contribution in [0.3, 0.4) is 0 Å². The number of benzene rings is 3. The van der Waals surface area contributed by atoms with Crippen molar-refractivity contribution < 1.29 is 13.9 Å². The van der Waals surface area contributed by atoms with E-state index in [0.717, 1.165) is 39.8 Å². The molecule has 0 saturated carbocycles. The number of carbonyl (C=O) groups excluding carboxylic acids is 1. The number of carbonyl (C=O) groups is 1. The van der Waals surface area contributed by atoms with Crippen molar-refractivity contribution in [3.05, 3.63) is 96.0 Å². The van der Waals surface area contributed by atoms with Crippen LogP contribution in [0, 0.1) is 0 Å². The molecule has 1 N–H and O–H groups in total. The highest BCUT2D eigenvalue weighted by molar-refractivity contribution is 5.88. The number of hydrogen-bond donors (Lipinski definition) is 1. The van der Waals surface area contributed by atoms with Crippen molar-refractivity contribution in [3.63, 3.8) is 0 Å². The zero-order valence-corrected chi connectivity index (χ0v) is 17.7. The van der Waals surface area contributed by atoms with Crippen LogP contribution >= 0.6 is 0 Å². The van der Waals surface area contributed by atoms with Gasteiger partial charge in [-0.1, -0.05) is 36.4 Å². The number of hydrogen-bond acceptors (Lipinski definition) is 4. The summed E-state index contributed by atoms with van der Waals surface area (Å²) >= 11 is 0. The second-order valence-electron chi connectivity index (χ2n) is 7.75. The topological polar surface area (TPSA) is 69.3 Å². The third kappa shape index (κ3) is 4.07. The van der Waals surface area contributed by atoms with E-state index in [2.05, 4.69) is 33.1 Å². The molecule has 0 radical (unpaired) electrons. The fourth-order valence-corrected chi connectivity index (χ4v) is 3.86. The van der Waals surface area contributed by atoms with Crippen molar-refractivity contribution in [3.8, 4) is 5.75 Å². The average molecular weight is 425 g/mol. The average Bonchev–Trinajstić information content (AvgIpc) is 3.42. The number of amides is 1. The summed E-state index contributed by atoms with van der Waals surface area (Å²) in [6.07, 6.45) is 3.78. The standard InChI is InChI=1S/C26H23N3O3/c1-31-21-10-11-22-20(16-32-25(22)13-21)12-26(30)27-14-18-6-8-19(9-7-18)15-29-17-28-23-4-2-3-5-24(23)29/h2-11,13,16-17H,12,14-15H2,1H3,(H,27,30). The maximum absolute atomic E-state index is 12.5. The van der Waals surface area contributed by atoms with Gasteiger partial charge in [-0.2, -0.15) is 0 Å². The molecular weight excluding hydrogens is 402 g/mol. The predicted molar refractivity (Wildman–Crippen MR) is 124 cm³/mol. The van der Waals surface area contributed by atoms with E-state index in [-0.39, 0.29) is 12.3 Å². The molecular formula is C26H23N3O3. The number of nitrogens with zero attached hydrogens (tertiary/aromatic N) is 2. The highest BCUT2D eigenvalue weighted by atomic mass is 16.5. The predicted octanol–water partition coefficient (Wildman–Crippen LogP) is 4.70. The summed E-state index contributed by atoms with van der Waals surface area (Å²) in [6, 6.07) is 22.0. The Bertz CT molecular complexity index is 1380. The van der Waals surface area contributed by atoms with E-state index in [9.17, 15) is 4.79 Å². The van der Waals surface area contributed by atoms with E-state index < -0.39 is 0 Å². The maximum atomic E-state index is 12.5. The molecule has 2 aromatic heterocycles. The van der Waals surface area contributed by atoms with Crippen LogP contribution in [-0.4, -0.2) is 22.6 Å². The van der Waals surface area contributed by atoms with Gasteiger partial charge in [0.2, 0.25) is 5.91 Å². The zero-order chi connectivity index (χ0) is 21.9. The first-order chi connectivity index (χ1) is 15.7. The van der Waals surface area contributed by atoms with Gasteiger partial charge in [0.15, 0.2) is 0 Å². The molecule has 6 nitrogen and oxygen atoms in total. The van der Waals surface area contributed by atoms with Gasteiger partial charge in [-0.3, -0.25) is 4.79 Å². The maximum Gasteiger partial charge on any atom is 0.224 e. The molecule has 0 spiro atoms. The molecule has 0 fully saturated rings. The Labute approximate surface area is 185 Å². The molecule has 2 heterocycles. The van der Waals surface area contributed by atoms with Gasteiger partial charge in [-0.25, -0.2) is 4.98 Å². The number of rotatable bonds is 7. The minimum Gasteiger partial charge on any atom is -0.497 e. The van der Waals surface area contributed by atoms with Crippen LogP contribution in [0.15, 0.2) is 83.7 Å². The van der Waals surface area contributed by atoms with Gasteiger partial charge in [-0.05, 0) is 35.4 Å². The normalized spacial score (nSPS) is 11.2. The van der Waals surface area contributed by atoms with Crippen LogP contribution in [0.25, 0.3) is 22.0 Å². The van der Waals surface area contributed by atoms with E-state index in [4.69, 9.17) is 9.15 Å². The van der Waals surface area contributed by atoms with E-state index in [0.29, 0.717) is 12.1 Å². The van der Waals surface area contributed by atoms with Crippen molar-refractivity contribution in [2.45, 2.75) is 19.5 Å². The third-order valence-corrected chi connectivity index (χ3v) is 5.61. The summed E-state index contributed by atoms with van der Waals surface area (Å²) < 4.78 is 12.9. The Balaban J connectivity index is 1.18. The van der Waals surface area contributed by atoms with Gasteiger partial charge in [-0.15, -0.1) is 0 Å². The quantitative estimate of drug-likeness (QED) is 0.410. The second kappa shape index (κ2) is 8.59. The summed E-state index contributed by atoms with van der Waals surface area (Å²) in [5.74, 6) is 0.685. The molecule has 0 atom stereocenters. The number of methoxy groups -OCH3 is 1. The molecule has 3 aromatic carbocycles. The molecule has 0 bridgehead atoms. The molecule has 0 aliphatic heterocycles. The number of fused-ring (bicyclic) bond motifs is 2. The second-order valence-corrected chi connectivity index (χ2v) is 7.75. The lowest BCUT2D eigenvalue weighted by atomic mass is 10.1. The molecule has 5 aromatic rings. The Morgan fingerprint density at radius 1 is 1.06 bits per heavy atom. The molecule has 0 aliphatic rings. The minimum absolute atomic E-state index is 0.0440. The Hall–Kier alpha value is -4.06. The third-order valence-electron chi connectivity index (χ3n) is 5.61. The van der Waals surface area contributed by atoms with Gasteiger partial charge in [0, 0.05) is 30.1 Å². The number of aromatic nitrogens is 2. The van der Waals surface area contributed by atoms with Gasteiger partial charge in [0.05, 0.1) is 37.2 Å². The van der Waals surface area contributed by atoms with Gasteiger partial charge in [0.25, 0.3) is 0 Å². The highest BCUT2D eigenvalue weighted by Crippen LogP contribution is 2.26. The lowest BCUT2D eigenvalue weighted by molar-refractivity contribution is -0.120. The molecule has 1 amide bonds. The fraction of sp³-hybridized carbons (Fsp3) is 0.154. The minimum atomic E-state index is -0.0440. The van der Waals surface area contributed by atoms with E-state index in [1.54, 1.807) is 13.4 Å². The van der Waals surface area contributed by atoms with Crippen LogP contribution in [0.4, 0.5) is 0 Å². The van der Waals surface area contributed by atoms with Crippen LogP contribution in [0.2, 0.25) is 0 Å². The largest absolute Gasteiger partial charge is 0.497 e. The number of furan rings is 1. The first-order valence-corrected chi connectivity index (χ1v) is 10.5. The Morgan fingerprint density at radius 3 is 2.72 bits per heavy atom. The Kier molecular flexibility index (Phi) is 5.34. The summed E-state index contributed by atoms with van der Waals surface area (Å²) in [5, 5.41) is 3.92. The molecule has 32 heavy (non-hydrogen) atoms. The molecule has 160 valence electrons. The summed E-state index contributed by atoms with van der Waals surface area (Å²) in [7, 11) is 1.62. The molecule has 0 aliphatic carbocycles. The number of nitrogens with one attached hydrogen (secondary N) is 1. The van der Waals surface area contributed by atoms with Crippen molar-refractivity contribution in [2.24, 2.45) is 0 Å². The van der Waals surface area contributed by atoms with Crippen molar-refractivity contribution in [2.75, 3.05) is 7.11 Å². The SMILES string of the molecule is COc1ccc2c(CC(=O)NCc3ccc(Cn4cnc5ccccc54)cc3)coc2c1. The van der Waals surface area contributed by atoms with E-state index in [1.807, 2.05) is 54.9 Å². The smallest absolute Gasteiger partial charge is 0.224 e. The first-order valence-electron chi connectivity index (χ1n) is 10.5. The fourth-order valence-electron chi connectivity index (χ4n) is 3.86. The van der Waals surface area contributed by atoms with Gasteiger partial charge >= 0.3 is 0 Å². The monoisotopic (exact) mass is 425 g/mol. The zero-order valence-electron chi connectivity index (χ0n) is 17.7. The molecule has 0 unspecified atom stereocenters.